The molecule has 3 heterocycles. The third kappa shape index (κ3) is 3.22. The summed E-state index contributed by atoms with van der Waals surface area (Å²) in [7, 11) is 1.94. The number of hydrogen-bond donors (Lipinski definition) is 0. The second kappa shape index (κ2) is 7.02. The number of carbonyl (C=O) groups is 1. The van der Waals surface area contributed by atoms with Gasteiger partial charge in [0.15, 0.2) is 0 Å². The molecule has 3 rings (SSSR count). The van der Waals surface area contributed by atoms with Crippen molar-refractivity contribution in [3.05, 3.63) is 35.2 Å². The molecule has 2 aromatic rings. The van der Waals surface area contributed by atoms with Crippen molar-refractivity contribution in [2.45, 2.75) is 58.9 Å². The zero-order valence-corrected chi connectivity index (χ0v) is 16.0. The molecule has 6 heteroatoms. The summed E-state index contributed by atoms with van der Waals surface area (Å²) in [6.45, 7) is 9.78. The zero-order valence-electron chi connectivity index (χ0n) is 16.0. The van der Waals surface area contributed by atoms with Crippen LogP contribution in [-0.2, 0) is 18.3 Å². The van der Waals surface area contributed by atoms with Crippen LogP contribution in [0.4, 0.5) is 0 Å². The Balaban J connectivity index is 1.78. The Morgan fingerprint density at radius 1 is 1.40 bits per heavy atom. The average molecular weight is 343 g/mol. The minimum absolute atomic E-state index is 0.152. The number of hydrogen-bond acceptors (Lipinski definition) is 3. The molecule has 0 unspecified atom stereocenters. The van der Waals surface area contributed by atoms with Crippen LogP contribution in [0.2, 0.25) is 0 Å². The third-order valence-corrected chi connectivity index (χ3v) is 5.54. The van der Waals surface area contributed by atoms with Crippen LogP contribution in [0.25, 0.3) is 0 Å². The first-order valence-corrected chi connectivity index (χ1v) is 9.24. The van der Waals surface area contributed by atoms with Gasteiger partial charge in [0.05, 0.1) is 17.7 Å². The van der Waals surface area contributed by atoms with Gasteiger partial charge in [-0.1, -0.05) is 6.92 Å². The fourth-order valence-electron chi connectivity index (χ4n) is 4.15. The van der Waals surface area contributed by atoms with Crippen LogP contribution in [-0.4, -0.2) is 43.2 Å². The minimum atomic E-state index is -0.152. The van der Waals surface area contributed by atoms with Gasteiger partial charge in [-0.15, -0.1) is 0 Å². The lowest BCUT2D eigenvalue weighted by Crippen LogP contribution is -2.42. The Bertz CT molecular complexity index is 760. The number of piperidine rings is 1. The van der Waals surface area contributed by atoms with Gasteiger partial charge < -0.3 is 9.47 Å². The molecule has 0 radical (unpaired) electrons. The molecule has 0 aromatic carbocycles. The van der Waals surface area contributed by atoms with E-state index in [-0.39, 0.29) is 11.8 Å². The van der Waals surface area contributed by atoms with Gasteiger partial charge in [-0.3, -0.25) is 9.48 Å². The van der Waals surface area contributed by atoms with Crippen molar-refractivity contribution in [3.63, 3.8) is 0 Å². The molecule has 2 atom stereocenters. The van der Waals surface area contributed by atoms with E-state index in [1.807, 2.05) is 43.6 Å². The first kappa shape index (κ1) is 17.7. The average Bonchev–Trinajstić information content (AvgIpc) is 3.18. The summed E-state index contributed by atoms with van der Waals surface area (Å²) < 4.78 is 4.12. The van der Waals surface area contributed by atoms with Crippen LogP contribution in [0.5, 0.6) is 0 Å². The minimum Gasteiger partial charge on any atom is -0.340 e. The molecule has 1 aliphatic rings. The quantitative estimate of drug-likeness (QED) is 0.858. The van der Waals surface area contributed by atoms with E-state index in [0.717, 1.165) is 55.1 Å². The first-order valence-electron chi connectivity index (χ1n) is 9.24. The van der Waals surface area contributed by atoms with Crippen molar-refractivity contribution in [1.29, 1.82) is 0 Å². The van der Waals surface area contributed by atoms with Gasteiger partial charge in [-0.25, -0.2) is 4.98 Å². The SMILES string of the molecule is CCc1nccn1[C@@H]1CCCN(C(=O)[C@H](C)c2c(C)nn(C)c2C)C1. The first-order chi connectivity index (χ1) is 11.9. The highest BCUT2D eigenvalue weighted by molar-refractivity contribution is 5.84. The number of imidazole rings is 1. The van der Waals surface area contributed by atoms with Crippen LogP contribution in [0.15, 0.2) is 12.4 Å². The lowest BCUT2D eigenvalue weighted by molar-refractivity contribution is -0.134. The van der Waals surface area contributed by atoms with E-state index in [1.54, 1.807) is 0 Å². The molecule has 6 nitrogen and oxygen atoms in total. The summed E-state index contributed by atoms with van der Waals surface area (Å²) in [5.74, 6) is 1.16. The molecule has 0 saturated carbocycles. The smallest absolute Gasteiger partial charge is 0.230 e. The van der Waals surface area contributed by atoms with Gasteiger partial charge in [-0.2, -0.15) is 5.10 Å². The van der Waals surface area contributed by atoms with Crippen LogP contribution in [0.3, 0.4) is 0 Å². The van der Waals surface area contributed by atoms with Crippen LogP contribution >= 0.6 is 0 Å². The summed E-state index contributed by atoms with van der Waals surface area (Å²) in [6.07, 6.45) is 6.98. The fourth-order valence-corrected chi connectivity index (χ4v) is 4.15. The second-order valence-electron chi connectivity index (χ2n) is 7.11. The van der Waals surface area contributed by atoms with E-state index in [9.17, 15) is 4.79 Å². The molecule has 2 aromatic heterocycles. The lowest BCUT2D eigenvalue weighted by Gasteiger charge is -2.35. The third-order valence-electron chi connectivity index (χ3n) is 5.54. The predicted octanol–water partition coefficient (Wildman–Crippen LogP) is 2.76. The lowest BCUT2D eigenvalue weighted by atomic mass is 9.95. The Morgan fingerprint density at radius 3 is 2.80 bits per heavy atom. The number of aryl methyl sites for hydroxylation is 3. The molecule has 0 N–H and O–H groups in total. The van der Waals surface area contributed by atoms with Crippen molar-refractivity contribution >= 4 is 5.91 Å². The molecule has 0 bridgehead atoms. The van der Waals surface area contributed by atoms with Gasteiger partial charge in [0.25, 0.3) is 0 Å². The second-order valence-corrected chi connectivity index (χ2v) is 7.11. The van der Waals surface area contributed by atoms with Gasteiger partial charge in [0.1, 0.15) is 5.82 Å². The summed E-state index contributed by atoms with van der Waals surface area (Å²) in [5.41, 5.74) is 3.11. The van der Waals surface area contributed by atoms with E-state index >= 15 is 0 Å². The predicted molar refractivity (Wildman–Crippen MR) is 97.6 cm³/mol. The highest BCUT2D eigenvalue weighted by Gasteiger charge is 2.31. The summed E-state index contributed by atoms with van der Waals surface area (Å²) >= 11 is 0. The zero-order chi connectivity index (χ0) is 18.1. The number of rotatable bonds is 4. The monoisotopic (exact) mass is 343 g/mol. The van der Waals surface area contributed by atoms with E-state index in [1.165, 1.54) is 0 Å². The van der Waals surface area contributed by atoms with Gasteiger partial charge in [0.2, 0.25) is 5.91 Å². The maximum Gasteiger partial charge on any atom is 0.230 e. The molecule has 1 aliphatic heterocycles. The number of aromatic nitrogens is 4. The van der Waals surface area contributed by atoms with Crippen molar-refractivity contribution in [3.8, 4) is 0 Å². The molecule has 1 saturated heterocycles. The van der Waals surface area contributed by atoms with E-state index < -0.39 is 0 Å². The largest absolute Gasteiger partial charge is 0.340 e. The molecule has 136 valence electrons. The topological polar surface area (TPSA) is 56.0 Å². The van der Waals surface area contributed by atoms with Crippen LogP contribution in [0, 0.1) is 13.8 Å². The van der Waals surface area contributed by atoms with Crippen molar-refractivity contribution in [2.75, 3.05) is 13.1 Å². The van der Waals surface area contributed by atoms with E-state index in [2.05, 4.69) is 27.8 Å². The number of carbonyl (C=O) groups excluding carboxylic acids is 1. The molecule has 0 aliphatic carbocycles. The Labute approximate surface area is 149 Å². The molecule has 1 amide bonds. The van der Waals surface area contributed by atoms with Gasteiger partial charge in [-0.05, 0) is 33.6 Å². The summed E-state index contributed by atoms with van der Waals surface area (Å²) in [6, 6.07) is 0.332. The van der Waals surface area contributed by atoms with Crippen molar-refractivity contribution in [2.24, 2.45) is 7.05 Å². The van der Waals surface area contributed by atoms with Crippen molar-refractivity contribution in [1.82, 2.24) is 24.2 Å². The Hall–Kier alpha value is -2.11. The van der Waals surface area contributed by atoms with Crippen LogP contribution < -0.4 is 0 Å². The maximum absolute atomic E-state index is 13.1. The Morgan fingerprint density at radius 2 is 2.16 bits per heavy atom. The highest BCUT2D eigenvalue weighted by atomic mass is 16.2. The van der Waals surface area contributed by atoms with Gasteiger partial charge >= 0.3 is 0 Å². The molecular weight excluding hydrogens is 314 g/mol. The van der Waals surface area contributed by atoms with Gasteiger partial charge in [0, 0.05) is 50.2 Å². The number of amides is 1. The summed E-state index contributed by atoms with van der Waals surface area (Å²) in [4.78, 5) is 19.6. The molecule has 1 fully saturated rings. The number of likely N-dealkylation sites (tertiary alicyclic amines) is 1. The normalized spacial score (nSPS) is 19.2. The van der Waals surface area contributed by atoms with E-state index in [4.69, 9.17) is 0 Å². The highest BCUT2D eigenvalue weighted by Crippen LogP contribution is 2.29. The van der Waals surface area contributed by atoms with Crippen LogP contribution in [0.1, 0.15) is 61.4 Å². The van der Waals surface area contributed by atoms with E-state index in [0.29, 0.717) is 6.04 Å². The maximum atomic E-state index is 13.1. The molecule has 25 heavy (non-hydrogen) atoms. The summed E-state index contributed by atoms with van der Waals surface area (Å²) in [5, 5.41) is 4.47. The molecular formula is C19H29N5O. The fraction of sp³-hybridized carbons (Fsp3) is 0.632. The molecule has 0 spiro atoms. The standard InChI is InChI=1S/C19H29N5O/c1-6-17-20-9-11-24(17)16-8-7-10-23(12-16)19(25)13(2)18-14(3)21-22(5)15(18)4/h9,11,13,16H,6-8,10,12H2,1-5H3/t13-,16-/m1/s1. The van der Waals surface area contributed by atoms with Crippen molar-refractivity contribution < 1.29 is 4.79 Å². The Kier molecular flexibility index (Phi) is 4.97. The number of nitrogens with zero attached hydrogens (tertiary/aromatic N) is 5.